The lowest BCUT2D eigenvalue weighted by Gasteiger charge is -2.27. The molecule has 0 heterocycles. The number of thioether (sulfide) groups is 1. The Hall–Kier alpha value is -5.43. The van der Waals surface area contributed by atoms with E-state index in [2.05, 4.69) is 62.5 Å². The first-order chi connectivity index (χ1) is 30.3. The Morgan fingerprint density at radius 3 is 1.35 bits per heavy atom. The van der Waals surface area contributed by atoms with Gasteiger partial charge in [-0.3, -0.25) is 52.7 Å². The fraction of sp³-hybridized carbons (Fsp3) is 0.657. The fourth-order valence-electron chi connectivity index (χ4n) is 5.12. The van der Waals surface area contributed by atoms with Crippen LogP contribution in [0.2, 0.25) is 0 Å². The molecule has 10 atom stereocenters. The molecule has 16 N–H and O–H groups in total. The van der Waals surface area contributed by atoms with Crippen LogP contribution in [0.3, 0.4) is 0 Å². The van der Waals surface area contributed by atoms with Gasteiger partial charge in [0.15, 0.2) is 0 Å². The third-order valence-electron chi connectivity index (χ3n) is 8.78. The topological polar surface area (TPSA) is 448 Å². The monoisotopic (exact) mass is 987 g/mol. The number of aliphatic hydroxyl groups is 2. The predicted molar refractivity (Wildman–Crippen MR) is 232 cm³/mol. The number of amides is 8. The van der Waals surface area contributed by atoms with E-state index in [9.17, 15) is 88.2 Å². The van der Waals surface area contributed by atoms with Crippen LogP contribution in [0.4, 0.5) is 0 Å². The zero-order valence-corrected chi connectivity index (χ0v) is 37.9. The number of hydrogen-bond acceptors (Lipinski definition) is 18. The minimum absolute atomic E-state index is 0.144. The van der Waals surface area contributed by atoms with E-state index in [1.54, 1.807) is 6.26 Å². The van der Waals surface area contributed by atoms with Gasteiger partial charge in [0, 0.05) is 24.3 Å². The molecular formula is C35H57N9O18S3. The van der Waals surface area contributed by atoms with Gasteiger partial charge in [-0.2, -0.15) is 37.0 Å². The number of thiol groups is 2. The second-order valence-electron chi connectivity index (χ2n) is 14.1. The van der Waals surface area contributed by atoms with Crippen molar-refractivity contribution in [2.75, 3.05) is 30.1 Å². The van der Waals surface area contributed by atoms with Gasteiger partial charge in [-0.05, 0) is 45.1 Å². The van der Waals surface area contributed by atoms with Gasteiger partial charge < -0.3 is 78.9 Å². The molecule has 0 aliphatic heterocycles. The number of carbonyl (C=O) groups excluding carboxylic acids is 8. The lowest BCUT2D eigenvalue weighted by Crippen LogP contribution is -2.61. The highest BCUT2D eigenvalue weighted by Gasteiger charge is 2.35. The molecule has 0 aliphatic rings. The normalized spacial score (nSPS) is 15.5. The van der Waals surface area contributed by atoms with Gasteiger partial charge in [0.05, 0.1) is 25.2 Å². The minimum Gasteiger partial charge on any atom is -0.481 e. The summed E-state index contributed by atoms with van der Waals surface area (Å²) in [5, 5.41) is 74.6. The summed E-state index contributed by atoms with van der Waals surface area (Å²) in [6.45, 7) is 1.08. The molecule has 27 nitrogen and oxygen atoms in total. The second-order valence-corrected chi connectivity index (χ2v) is 15.8. The van der Waals surface area contributed by atoms with Crippen molar-refractivity contribution < 1.29 is 88.2 Å². The van der Waals surface area contributed by atoms with E-state index in [0.29, 0.717) is 0 Å². The summed E-state index contributed by atoms with van der Waals surface area (Å²) in [7, 11) is 0. The molecule has 0 aliphatic carbocycles. The van der Waals surface area contributed by atoms with Crippen LogP contribution in [0.25, 0.3) is 0 Å². The summed E-state index contributed by atoms with van der Waals surface area (Å²) in [5.41, 5.74) is 5.60. The molecule has 0 saturated heterocycles. The molecule has 0 rings (SSSR count). The van der Waals surface area contributed by atoms with Gasteiger partial charge in [-0.15, -0.1) is 0 Å². The summed E-state index contributed by atoms with van der Waals surface area (Å²) >= 11 is 8.88. The molecule has 65 heavy (non-hydrogen) atoms. The smallest absolute Gasteiger partial charge is 0.327 e. The number of carbonyl (C=O) groups is 12. The maximum absolute atomic E-state index is 13.6. The van der Waals surface area contributed by atoms with Crippen molar-refractivity contribution in [2.24, 2.45) is 5.73 Å². The van der Waals surface area contributed by atoms with E-state index in [1.165, 1.54) is 11.8 Å². The first kappa shape index (κ1) is 59.6. The molecule has 0 aromatic heterocycles. The predicted octanol–water partition coefficient (Wildman–Crippen LogP) is -6.51. The number of carboxylic acids is 4. The maximum atomic E-state index is 13.6. The first-order valence-corrected chi connectivity index (χ1v) is 22.1. The molecule has 0 fully saturated rings. The van der Waals surface area contributed by atoms with Crippen LogP contribution in [0.15, 0.2) is 0 Å². The van der Waals surface area contributed by atoms with E-state index in [0.717, 1.165) is 13.8 Å². The van der Waals surface area contributed by atoms with Crippen LogP contribution in [0.5, 0.6) is 0 Å². The van der Waals surface area contributed by atoms with E-state index >= 15 is 0 Å². The highest BCUT2D eigenvalue weighted by atomic mass is 32.2. The van der Waals surface area contributed by atoms with E-state index in [4.69, 9.17) is 5.73 Å². The lowest BCUT2D eigenvalue weighted by molar-refractivity contribution is -0.143. The average Bonchev–Trinajstić information content (AvgIpc) is 3.23. The van der Waals surface area contributed by atoms with Gasteiger partial charge in [-0.1, -0.05) is 0 Å². The van der Waals surface area contributed by atoms with Crippen LogP contribution in [-0.4, -0.2) is 192 Å². The molecule has 30 heteroatoms. The fourth-order valence-corrected chi connectivity index (χ4v) is 6.00. The largest absolute Gasteiger partial charge is 0.481 e. The molecule has 0 aromatic carbocycles. The Labute approximate surface area is 386 Å². The standard InChI is InChI=1S/C35H57N9O18S3/c1-14(27(53)41-20(10-25(51)52)32(58)43-22(13-64)35(61)62)37-29(55)17(4-6-23(47)48)38-31(57)19(8-9-65-3)39-33(59)21(11-45)42-30(56)18(5-7-24(49)50)40-34(60)26(15(2)46)44-28(54)16(36)12-63/h14-22,26,45-46,63-64H,4-13,36H2,1-3H3,(H,37,55)(H,38,57)(H,39,59)(H,40,60)(H,41,53)(H,42,56)(H,43,58)(H,44,54)(H,47,48)(H,49,50)(H,51,52)(H,61,62)/t14-,15+,16-,17-,18-,19-,20-,21-,22-,26-/m0/s1. The van der Waals surface area contributed by atoms with E-state index < -0.39 is 176 Å². The molecule has 0 saturated carbocycles. The van der Waals surface area contributed by atoms with Gasteiger partial charge in [-0.25, -0.2) is 4.79 Å². The molecule has 0 radical (unpaired) electrons. The maximum Gasteiger partial charge on any atom is 0.327 e. The number of nitrogens with two attached hydrogens (primary N) is 1. The first-order valence-electron chi connectivity index (χ1n) is 19.4. The van der Waals surface area contributed by atoms with E-state index in [1.807, 2.05) is 5.32 Å². The molecule has 0 unspecified atom stereocenters. The Bertz CT molecular complexity index is 1730. The SMILES string of the molecule is CSCC[C@H](NC(=O)[C@H](CO)NC(=O)[C@H](CCC(=O)O)NC(=O)[C@@H](NC(=O)[C@@H](N)CS)[C@@H](C)O)C(=O)N[C@@H](CCC(=O)O)C(=O)N[C@@H](C)C(=O)N[C@@H](CC(=O)O)C(=O)N[C@@H](CS)C(=O)O. The van der Waals surface area contributed by atoms with Gasteiger partial charge in [0.2, 0.25) is 47.3 Å². The summed E-state index contributed by atoms with van der Waals surface area (Å²) in [6.07, 6.45) is -3.72. The molecule has 0 aromatic rings. The van der Waals surface area contributed by atoms with Crippen molar-refractivity contribution >= 4 is 108 Å². The van der Waals surface area contributed by atoms with Crippen LogP contribution >= 0.6 is 37.0 Å². The van der Waals surface area contributed by atoms with Gasteiger partial charge in [0.25, 0.3) is 0 Å². The average molecular weight is 988 g/mol. The molecule has 8 amide bonds. The number of rotatable bonds is 32. The van der Waals surface area contributed by atoms with Gasteiger partial charge >= 0.3 is 23.9 Å². The van der Waals surface area contributed by atoms with Gasteiger partial charge in [0.1, 0.15) is 48.3 Å². The number of nitrogens with one attached hydrogen (secondary N) is 8. The highest BCUT2D eigenvalue weighted by Crippen LogP contribution is 2.08. The number of aliphatic hydroxyl groups excluding tert-OH is 2. The van der Waals surface area contributed by atoms with Crippen molar-refractivity contribution in [3.05, 3.63) is 0 Å². The second kappa shape index (κ2) is 30.7. The molecule has 0 bridgehead atoms. The third kappa shape index (κ3) is 22.8. The van der Waals surface area contributed by atoms with Crippen LogP contribution in [-0.2, 0) is 57.5 Å². The van der Waals surface area contributed by atoms with Crippen molar-refractivity contribution in [1.29, 1.82) is 0 Å². The van der Waals surface area contributed by atoms with Crippen LogP contribution < -0.4 is 48.3 Å². The third-order valence-corrected chi connectivity index (χ3v) is 10.2. The summed E-state index contributed by atoms with van der Waals surface area (Å²) in [5.74, 6) is -15.4. The van der Waals surface area contributed by atoms with Crippen LogP contribution in [0.1, 0.15) is 52.4 Å². The minimum atomic E-state index is -1.87. The number of aliphatic carboxylic acids is 4. The van der Waals surface area contributed by atoms with Crippen molar-refractivity contribution in [3.63, 3.8) is 0 Å². The zero-order chi connectivity index (χ0) is 50.1. The Balaban J connectivity index is 6.27. The number of carboxylic acid groups (broad SMARTS) is 4. The van der Waals surface area contributed by atoms with Crippen molar-refractivity contribution in [1.82, 2.24) is 42.5 Å². The molecular weight excluding hydrogens is 931 g/mol. The van der Waals surface area contributed by atoms with Crippen molar-refractivity contribution in [2.45, 2.75) is 113 Å². The Morgan fingerprint density at radius 1 is 0.523 bits per heavy atom. The van der Waals surface area contributed by atoms with Crippen molar-refractivity contribution in [3.8, 4) is 0 Å². The summed E-state index contributed by atoms with van der Waals surface area (Å²) in [6, 6.07) is -14.8. The highest BCUT2D eigenvalue weighted by molar-refractivity contribution is 7.98. The summed E-state index contributed by atoms with van der Waals surface area (Å²) < 4.78 is 0. The summed E-state index contributed by atoms with van der Waals surface area (Å²) in [4.78, 5) is 150. The number of hydrogen-bond donors (Lipinski definition) is 17. The Kier molecular flexibility index (Phi) is 28.1. The molecule has 368 valence electrons. The van der Waals surface area contributed by atoms with E-state index in [-0.39, 0.29) is 17.9 Å². The Morgan fingerprint density at radius 2 is 0.938 bits per heavy atom. The quantitative estimate of drug-likeness (QED) is 0.0279. The van der Waals surface area contributed by atoms with Crippen LogP contribution in [0, 0.1) is 0 Å². The zero-order valence-electron chi connectivity index (χ0n) is 35.3. The lowest BCUT2D eigenvalue weighted by atomic mass is 10.1. The molecule has 0 spiro atoms.